The average molecular weight is 231 g/mol. The van der Waals surface area contributed by atoms with Gasteiger partial charge < -0.3 is 5.11 Å². The Morgan fingerprint density at radius 3 is 2.41 bits per heavy atom. The van der Waals surface area contributed by atoms with Gasteiger partial charge in [-0.2, -0.15) is 0 Å². The second-order valence-electron chi connectivity index (χ2n) is 5.26. The lowest BCUT2D eigenvalue weighted by molar-refractivity contribution is -0.117. The third-order valence-electron chi connectivity index (χ3n) is 2.89. The van der Waals surface area contributed by atoms with Gasteiger partial charge in [-0.3, -0.25) is 9.69 Å². The van der Waals surface area contributed by atoms with E-state index in [1.165, 1.54) is 4.90 Å². The van der Waals surface area contributed by atoms with Crippen molar-refractivity contribution in [2.75, 3.05) is 4.90 Å². The van der Waals surface area contributed by atoms with Crippen LogP contribution in [-0.2, 0) is 10.2 Å². The van der Waals surface area contributed by atoms with Gasteiger partial charge in [-0.25, -0.2) is 0 Å². The van der Waals surface area contributed by atoms with Gasteiger partial charge in [-0.05, 0) is 23.1 Å². The number of carbonyl (C=O) groups is 1. The first-order valence-electron chi connectivity index (χ1n) is 5.73. The summed E-state index contributed by atoms with van der Waals surface area (Å²) in [7, 11) is 0. The van der Waals surface area contributed by atoms with Crippen LogP contribution in [0.15, 0.2) is 36.2 Å². The summed E-state index contributed by atoms with van der Waals surface area (Å²) in [5.74, 6) is -0.0501. The van der Waals surface area contributed by atoms with Crippen molar-refractivity contribution in [3.8, 4) is 0 Å². The molecule has 0 saturated heterocycles. The number of hydrogen-bond acceptors (Lipinski definition) is 2. The summed E-state index contributed by atoms with van der Waals surface area (Å²) in [6.07, 6.45) is 1.81. The minimum Gasteiger partial charge on any atom is -0.494 e. The first-order chi connectivity index (χ1) is 7.91. The van der Waals surface area contributed by atoms with Crippen LogP contribution in [0.3, 0.4) is 0 Å². The number of rotatable bonds is 1. The molecule has 1 heterocycles. The van der Waals surface area contributed by atoms with E-state index in [0.29, 0.717) is 0 Å². The van der Waals surface area contributed by atoms with Gasteiger partial charge in [0.1, 0.15) is 0 Å². The Bertz CT molecular complexity index is 483. The standard InChI is InChI=1S/C14H17NO2/c1-14(2,3)10-6-4-5-7-11(10)15-12(16)8-9-13(15)17/h4-8,16H,9H2,1-3H3. The van der Waals surface area contributed by atoms with Crippen LogP contribution in [0.25, 0.3) is 0 Å². The third kappa shape index (κ3) is 2.05. The van der Waals surface area contributed by atoms with E-state index in [9.17, 15) is 9.90 Å². The molecular formula is C14H17NO2. The lowest BCUT2D eigenvalue weighted by Crippen LogP contribution is -2.28. The molecule has 17 heavy (non-hydrogen) atoms. The van der Waals surface area contributed by atoms with Crippen LogP contribution in [0.1, 0.15) is 32.8 Å². The van der Waals surface area contributed by atoms with Crippen molar-refractivity contribution in [1.29, 1.82) is 0 Å². The van der Waals surface area contributed by atoms with E-state index in [1.54, 1.807) is 6.08 Å². The fraction of sp³-hybridized carbons (Fsp3) is 0.357. The second kappa shape index (κ2) is 3.91. The molecule has 90 valence electrons. The van der Waals surface area contributed by atoms with Crippen LogP contribution in [0, 0.1) is 0 Å². The fourth-order valence-corrected chi connectivity index (χ4v) is 2.05. The highest BCUT2D eigenvalue weighted by molar-refractivity contribution is 6.00. The van der Waals surface area contributed by atoms with Gasteiger partial charge in [-0.15, -0.1) is 0 Å². The average Bonchev–Trinajstić information content (AvgIpc) is 2.57. The molecular weight excluding hydrogens is 214 g/mol. The normalized spacial score (nSPS) is 16.3. The number of nitrogens with zero attached hydrogens (tertiary/aromatic N) is 1. The number of benzene rings is 1. The van der Waals surface area contributed by atoms with E-state index < -0.39 is 0 Å². The minimum absolute atomic E-state index is 0.0340. The van der Waals surface area contributed by atoms with Crippen molar-refractivity contribution in [2.24, 2.45) is 0 Å². The van der Waals surface area contributed by atoms with Crippen LogP contribution in [0.2, 0.25) is 0 Å². The number of para-hydroxylation sites is 1. The van der Waals surface area contributed by atoms with Crippen LogP contribution in [0.5, 0.6) is 0 Å². The van der Waals surface area contributed by atoms with Gasteiger partial charge in [0.15, 0.2) is 5.88 Å². The lowest BCUT2D eigenvalue weighted by Gasteiger charge is -2.27. The van der Waals surface area contributed by atoms with Crippen molar-refractivity contribution >= 4 is 11.6 Å². The summed E-state index contributed by atoms with van der Waals surface area (Å²) in [6.45, 7) is 6.27. The predicted molar refractivity (Wildman–Crippen MR) is 68.0 cm³/mol. The van der Waals surface area contributed by atoms with Crippen LogP contribution in [-0.4, -0.2) is 11.0 Å². The smallest absolute Gasteiger partial charge is 0.237 e. The Morgan fingerprint density at radius 1 is 1.24 bits per heavy atom. The van der Waals surface area contributed by atoms with E-state index in [1.807, 2.05) is 24.3 Å². The molecule has 0 unspecified atom stereocenters. The van der Waals surface area contributed by atoms with Gasteiger partial charge in [0, 0.05) is 0 Å². The molecule has 1 aliphatic heterocycles. The minimum atomic E-state index is -0.0841. The van der Waals surface area contributed by atoms with Gasteiger partial charge >= 0.3 is 0 Å². The molecule has 3 heteroatoms. The largest absolute Gasteiger partial charge is 0.494 e. The van der Waals surface area contributed by atoms with Crippen LogP contribution < -0.4 is 4.90 Å². The van der Waals surface area contributed by atoms with Crippen molar-refractivity contribution < 1.29 is 9.90 Å². The fourth-order valence-electron chi connectivity index (χ4n) is 2.05. The Morgan fingerprint density at radius 2 is 1.88 bits per heavy atom. The maximum absolute atomic E-state index is 11.8. The Balaban J connectivity index is 2.53. The molecule has 0 spiro atoms. The van der Waals surface area contributed by atoms with Crippen molar-refractivity contribution in [3.05, 3.63) is 41.8 Å². The summed E-state index contributed by atoms with van der Waals surface area (Å²) >= 11 is 0. The summed E-state index contributed by atoms with van der Waals surface area (Å²) < 4.78 is 0. The van der Waals surface area contributed by atoms with E-state index in [0.717, 1.165) is 11.3 Å². The number of anilines is 1. The summed E-state index contributed by atoms with van der Waals surface area (Å²) in [4.78, 5) is 13.2. The highest BCUT2D eigenvalue weighted by Gasteiger charge is 2.29. The van der Waals surface area contributed by atoms with Crippen molar-refractivity contribution in [1.82, 2.24) is 0 Å². The van der Waals surface area contributed by atoms with Crippen LogP contribution in [0.4, 0.5) is 5.69 Å². The molecule has 0 saturated carbocycles. The Labute approximate surface area is 101 Å². The highest BCUT2D eigenvalue weighted by Crippen LogP contribution is 2.34. The third-order valence-corrected chi connectivity index (χ3v) is 2.89. The quantitative estimate of drug-likeness (QED) is 0.806. The summed E-state index contributed by atoms with van der Waals surface area (Å²) in [5.41, 5.74) is 1.76. The van der Waals surface area contributed by atoms with Gasteiger partial charge in [0.2, 0.25) is 5.91 Å². The molecule has 0 aromatic heterocycles. The number of amides is 1. The molecule has 0 fully saturated rings. The number of aliphatic hydroxyl groups excluding tert-OH is 1. The molecule has 0 aliphatic carbocycles. The molecule has 1 amide bonds. The maximum atomic E-state index is 11.8. The SMILES string of the molecule is CC(C)(C)c1ccccc1N1C(=O)CC=C1O. The van der Waals surface area contributed by atoms with Gasteiger partial charge in [-0.1, -0.05) is 39.0 Å². The van der Waals surface area contributed by atoms with Crippen molar-refractivity contribution in [3.63, 3.8) is 0 Å². The van der Waals surface area contributed by atoms with Gasteiger partial charge in [0.25, 0.3) is 0 Å². The van der Waals surface area contributed by atoms with E-state index in [4.69, 9.17) is 0 Å². The molecule has 0 atom stereocenters. The first kappa shape index (κ1) is 11.7. The molecule has 1 aromatic carbocycles. The zero-order valence-corrected chi connectivity index (χ0v) is 10.4. The van der Waals surface area contributed by atoms with E-state index >= 15 is 0 Å². The number of aliphatic hydroxyl groups is 1. The monoisotopic (exact) mass is 231 g/mol. The highest BCUT2D eigenvalue weighted by atomic mass is 16.3. The summed E-state index contributed by atoms with van der Waals surface area (Å²) in [5, 5.41) is 9.77. The molecule has 1 N–H and O–H groups in total. The molecule has 3 nitrogen and oxygen atoms in total. The zero-order valence-electron chi connectivity index (χ0n) is 10.4. The topological polar surface area (TPSA) is 40.5 Å². The Hall–Kier alpha value is -1.77. The molecule has 0 radical (unpaired) electrons. The molecule has 1 aliphatic rings. The van der Waals surface area contributed by atoms with Gasteiger partial charge in [0.05, 0.1) is 12.1 Å². The second-order valence-corrected chi connectivity index (χ2v) is 5.26. The molecule has 1 aromatic rings. The number of carbonyl (C=O) groups excluding carboxylic acids is 1. The van der Waals surface area contributed by atoms with Crippen molar-refractivity contribution in [2.45, 2.75) is 32.6 Å². The number of hydrogen-bond donors (Lipinski definition) is 1. The molecule has 0 bridgehead atoms. The lowest BCUT2D eigenvalue weighted by atomic mass is 9.85. The Kier molecular flexibility index (Phi) is 2.69. The zero-order chi connectivity index (χ0) is 12.6. The van der Waals surface area contributed by atoms with E-state index in [2.05, 4.69) is 20.8 Å². The molecule has 2 rings (SSSR count). The first-order valence-corrected chi connectivity index (χ1v) is 5.73. The van der Waals surface area contributed by atoms with Crippen LogP contribution >= 0.6 is 0 Å². The summed E-state index contributed by atoms with van der Waals surface area (Å²) in [6, 6.07) is 7.69. The maximum Gasteiger partial charge on any atom is 0.237 e. The predicted octanol–water partition coefficient (Wildman–Crippen LogP) is 3.12. The van der Waals surface area contributed by atoms with E-state index in [-0.39, 0.29) is 23.6 Å².